The van der Waals surface area contributed by atoms with E-state index in [-0.39, 0.29) is 29.7 Å². The molecule has 0 saturated carbocycles. The first-order chi connectivity index (χ1) is 15.2. The van der Waals surface area contributed by atoms with Gasteiger partial charge in [-0.15, -0.1) is 0 Å². The van der Waals surface area contributed by atoms with Gasteiger partial charge in [-0.3, -0.25) is 9.48 Å². The maximum Gasteiger partial charge on any atom is 0.221 e. The zero-order valence-corrected chi connectivity index (χ0v) is 14.8. The summed E-state index contributed by atoms with van der Waals surface area (Å²) in [6, 6.07) is 9.56. The lowest BCUT2D eigenvalue weighted by atomic mass is 10.2. The molecule has 0 saturated heterocycles. The number of nitrogens with two attached hydrogens (primary N) is 1. The van der Waals surface area contributed by atoms with Crippen LogP contribution in [0.4, 0.5) is 15.9 Å². The number of carbonyl (C=O) groups excluding carboxylic acids is 1. The van der Waals surface area contributed by atoms with Crippen molar-refractivity contribution >= 4 is 17.4 Å². The van der Waals surface area contributed by atoms with E-state index < -0.39 is 12.8 Å². The molecule has 0 fully saturated rings. The van der Waals surface area contributed by atoms with Gasteiger partial charge in [-0.25, -0.2) is 14.4 Å². The van der Waals surface area contributed by atoms with E-state index in [1.165, 1.54) is 23.2 Å². The molecule has 3 N–H and O–H groups in total. The first-order valence-electron chi connectivity index (χ1n) is 9.89. The fourth-order valence-electron chi connectivity index (χ4n) is 2.72. The molecule has 0 aliphatic carbocycles. The second-order valence-corrected chi connectivity index (χ2v) is 6.00. The summed E-state index contributed by atoms with van der Waals surface area (Å²) in [7, 11) is 0. The molecular formula is C19H16FN7O2. The Morgan fingerprint density at radius 2 is 2.21 bits per heavy atom. The number of carbonyl (C=O) groups is 1. The maximum atomic E-state index is 14.2. The minimum absolute atomic E-state index is 0.0441. The van der Waals surface area contributed by atoms with Gasteiger partial charge in [-0.1, -0.05) is 23.4 Å². The Bertz CT molecular complexity index is 1270. The molecule has 0 spiro atoms. The summed E-state index contributed by atoms with van der Waals surface area (Å²) in [6.07, 6.45) is 2.58. The zero-order chi connectivity index (χ0) is 22.9. The van der Waals surface area contributed by atoms with Gasteiger partial charge in [-0.2, -0.15) is 5.10 Å². The predicted molar refractivity (Wildman–Crippen MR) is 103 cm³/mol. The Morgan fingerprint density at radius 1 is 1.34 bits per heavy atom. The number of nitrogen functional groups attached to an aromatic ring is 1. The number of aromatic nitrogens is 5. The van der Waals surface area contributed by atoms with Crippen LogP contribution >= 0.6 is 0 Å². The molecule has 4 rings (SSSR count). The van der Waals surface area contributed by atoms with E-state index in [0.717, 1.165) is 0 Å². The van der Waals surface area contributed by atoms with Gasteiger partial charge in [-0.05, 0) is 12.1 Å². The van der Waals surface area contributed by atoms with Gasteiger partial charge in [0.2, 0.25) is 5.91 Å². The number of benzene rings is 1. The Balaban J connectivity index is 1.69. The summed E-state index contributed by atoms with van der Waals surface area (Å²) in [5.74, 6) is -1.61. The highest BCUT2D eigenvalue weighted by Gasteiger charge is 2.17. The second-order valence-electron chi connectivity index (χ2n) is 6.00. The first kappa shape index (κ1) is 14.9. The van der Waals surface area contributed by atoms with E-state index in [2.05, 4.69) is 25.5 Å². The van der Waals surface area contributed by atoms with E-state index in [9.17, 15) is 9.18 Å². The fraction of sp³-hybridized carbons (Fsp3) is 0.105. The molecule has 10 heteroatoms. The lowest BCUT2D eigenvalue weighted by Gasteiger charge is -2.07. The van der Waals surface area contributed by atoms with Crippen molar-refractivity contribution in [1.29, 1.82) is 0 Å². The van der Waals surface area contributed by atoms with Crippen molar-refractivity contribution in [3.8, 4) is 22.9 Å². The average Bonchev–Trinajstić information content (AvgIpc) is 3.40. The van der Waals surface area contributed by atoms with E-state index >= 15 is 0 Å². The van der Waals surface area contributed by atoms with E-state index in [0.29, 0.717) is 22.6 Å². The molecular weight excluding hydrogens is 377 g/mol. The molecule has 4 aromatic rings. The van der Waals surface area contributed by atoms with Crippen molar-refractivity contribution in [3.63, 3.8) is 0 Å². The lowest BCUT2D eigenvalue weighted by Crippen LogP contribution is -2.10. The van der Waals surface area contributed by atoms with Gasteiger partial charge < -0.3 is 15.6 Å². The van der Waals surface area contributed by atoms with Gasteiger partial charge in [0.15, 0.2) is 11.6 Å². The third kappa shape index (κ3) is 3.81. The number of hydrogen-bond acceptors (Lipinski definition) is 7. The smallest absolute Gasteiger partial charge is 0.221 e. The monoisotopic (exact) mass is 396 g/mol. The van der Waals surface area contributed by atoms with Crippen LogP contribution in [-0.2, 0) is 11.3 Å². The Kier molecular flexibility index (Phi) is 3.86. The highest BCUT2D eigenvalue weighted by molar-refractivity contribution is 5.91. The van der Waals surface area contributed by atoms with Crippen LogP contribution in [0.15, 0.2) is 53.4 Å². The normalized spacial score (nSPS) is 12.8. The molecule has 3 heterocycles. The van der Waals surface area contributed by atoms with E-state index in [4.69, 9.17) is 14.4 Å². The standard InChI is InChI=1S/C19H16FN7O2/c1-11(28)23-16-9-22-19(24-18(16)21)15-8-17(14-6-7-29-26-14)27(25-15)10-12-4-2-3-5-13(12)20/h2-9H,10H2,1H3,(H,23,28)(H2,21,22,24)/i1D3. The molecule has 0 radical (unpaired) electrons. The van der Waals surface area contributed by atoms with Gasteiger partial charge in [0.05, 0.1) is 18.4 Å². The summed E-state index contributed by atoms with van der Waals surface area (Å²) in [4.78, 5) is 19.9. The molecule has 0 bridgehead atoms. The van der Waals surface area contributed by atoms with Gasteiger partial charge >= 0.3 is 0 Å². The molecule has 0 unspecified atom stereocenters. The third-order valence-corrected chi connectivity index (χ3v) is 4.05. The SMILES string of the molecule is [2H]C([2H])([2H])C(=O)Nc1cnc(-c2cc(-c3ccon3)n(Cc3ccccc3F)n2)nc1N. The van der Waals surface area contributed by atoms with Crippen molar-refractivity contribution < 1.29 is 17.8 Å². The Morgan fingerprint density at radius 3 is 2.93 bits per heavy atom. The molecule has 0 aliphatic rings. The highest BCUT2D eigenvalue weighted by atomic mass is 19.1. The fourth-order valence-corrected chi connectivity index (χ4v) is 2.72. The van der Waals surface area contributed by atoms with Crippen molar-refractivity contribution in [1.82, 2.24) is 24.9 Å². The second kappa shape index (κ2) is 7.50. The molecule has 0 atom stereocenters. The van der Waals surface area contributed by atoms with Crippen molar-refractivity contribution in [3.05, 3.63) is 60.2 Å². The largest absolute Gasteiger partial charge is 0.382 e. The van der Waals surface area contributed by atoms with Crippen molar-refractivity contribution in [2.24, 2.45) is 0 Å². The number of nitrogens with one attached hydrogen (secondary N) is 1. The molecule has 1 aromatic carbocycles. The van der Waals surface area contributed by atoms with Crippen LogP contribution in [0.5, 0.6) is 0 Å². The maximum absolute atomic E-state index is 14.2. The van der Waals surface area contributed by atoms with Crippen LogP contribution in [0.3, 0.4) is 0 Å². The molecule has 146 valence electrons. The van der Waals surface area contributed by atoms with Gasteiger partial charge in [0.1, 0.15) is 29.2 Å². The predicted octanol–water partition coefficient (Wildman–Crippen LogP) is 2.72. The van der Waals surface area contributed by atoms with E-state index in [1.54, 1.807) is 30.3 Å². The molecule has 3 aromatic heterocycles. The quantitative estimate of drug-likeness (QED) is 0.531. The first-order valence-corrected chi connectivity index (χ1v) is 8.39. The molecule has 9 nitrogen and oxygen atoms in total. The van der Waals surface area contributed by atoms with Crippen LogP contribution in [-0.4, -0.2) is 30.8 Å². The summed E-state index contributed by atoms with van der Waals surface area (Å²) in [6.45, 7) is -2.74. The number of anilines is 2. The van der Waals surface area contributed by atoms with Crippen molar-refractivity contribution in [2.45, 2.75) is 13.4 Å². The number of halogens is 1. The van der Waals surface area contributed by atoms with Crippen LogP contribution in [0, 0.1) is 5.82 Å². The van der Waals surface area contributed by atoms with Crippen LogP contribution in [0.25, 0.3) is 22.9 Å². The van der Waals surface area contributed by atoms with Gasteiger partial charge in [0, 0.05) is 22.6 Å². The van der Waals surface area contributed by atoms with Crippen LogP contribution in [0.2, 0.25) is 0 Å². The van der Waals surface area contributed by atoms with Crippen molar-refractivity contribution in [2.75, 3.05) is 11.1 Å². The number of nitrogens with zero attached hydrogens (tertiary/aromatic N) is 5. The average molecular weight is 396 g/mol. The number of hydrogen-bond donors (Lipinski definition) is 2. The molecule has 1 amide bonds. The van der Waals surface area contributed by atoms with E-state index in [1.807, 2.05) is 0 Å². The number of amides is 1. The molecule has 0 aliphatic heterocycles. The summed E-state index contributed by atoms with van der Waals surface area (Å²) in [5.41, 5.74) is 7.54. The van der Waals surface area contributed by atoms with Gasteiger partial charge in [0.25, 0.3) is 0 Å². The third-order valence-electron chi connectivity index (χ3n) is 4.05. The summed E-state index contributed by atoms with van der Waals surface area (Å²) >= 11 is 0. The Labute approximate surface area is 168 Å². The molecule has 29 heavy (non-hydrogen) atoms. The minimum Gasteiger partial charge on any atom is -0.382 e. The highest BCUT2D eigenvalue weighted by Crippen LogP contribution is 2.26. The van der Waals surface area contributed by atoms with Crippen LogP contribution in [0.1, 0.15) is 16.5 Å². The zero-order valence-electron chi connectivity index (χ0n) is 17.8. The minimum atomic E-state index is -2.84. The summed E-state index contributed by atoms with van der Waals surface area (Å²) < 4.78 is 42.0. The number of rotatable bonds is 5. The topological polar surface area (TPSA) is 125 Å². The Hall–Kier alpha value is -4.08. The summed E-state index contributed by atoms with van der Waals surface area (Å²) in [5, 5.41) is 10.5. The lowest BCUT2D eigenvalue weighted by molar-refractivity contribution is -0.114. The van der Waals surface area contributed by atoms with Crippen LogP contribution < -0.4 is 11.1 Å².